The van der Waals surface area contributed by atoms with E-state index in [4.69, 9.17) is 4.74 Å². The maximum Gasteiger partial charge on any atom is 0.106 e. The molecule has 3 heteroatoms. The maximum atomic E-state index is 5.49. The second-order valence-corrected chi connectivity index (χ2v) is 5.07. The van der Waals surface area contributed by atoms with Crippen molar-refractivity contribution in [2.24, 2.45) is 0 Å². The Kier molecular flexibility index (Phi) is 5.50. The number of nitrogens with zero attached hydrogens (tertiary/aromatic N) is 1. The SMILES string of the molecule is CC(I)OCCN1CCCCC1. The fourth-order valence-electron chi connectivity index (χ4n) is 1.53. The van der Waals surface area contributed by atoms with E-state index < -0.39 is 0 Å². The smallest absolute Gasteiger partial charge is 0.106 e. The molecule has 1 aliphatic rings. The van der Waals surface area contributed by atoms with Crippen molar-refractivity contribution in [2.75, 3.05) is 26.2 Å². The maximum absolute atomic E-state index is 5.49. The molecule has 1 aliphatic heterocycles. The monoisotopic (exact) mass is 283 g/mol. The van der Waals surface area contributed by atoms with Crippen LogP contribution in [0.5, 0.6) is 0 Å². The van der Waals surface area contributed by atoms with Gasteiger partial charge < -0.3 is 9.64 Å². The lowest BCUT2D eigenvalue weighted by Gasteiger charge is -2.26. The molecule has 0 spiro atoms. The first-order valence-electron chi connectivity index (χ1n) is 4.77. The number of alkyl halides is 1. The molecule has 0 aromatic heterocycles. The molecule has 0 aromatic carbocycles. The molecule has 0 aromatic rings. The summed E-state index contributed by atoms with van der Waals surface area (Å²) < 4.78 is 5.84. The molecule has 1 fully saturated rings. The molecular weight excluding hydrogens is 265 g/mol. The third-order valence-corrected chi connectivity index (χ3v) is 2.56. The van der Waals surface area contributed by atoms with E-state index in [1.54, 1.807) is 0 Å². The number of ether oxygens (including phenoxy) is 1. The van der Waals surface area contributed by atoms with E-state index >= 15 is 0 Å². The van der Waals surface area contributed by atoms with Gasteiger partial charge in [-0.15, -0.1) is 0 Å². The number of halogens is 1. The summed E-state index contributed by atoms with van der Waals surface area (Å²) in [5, 5.41) is 0. The lowest BCUT2D eigenvalue weighted by atomic mass is 10.1. The standard InChI is InChI=1S/C9H18INO/c1-9(10)12-8-7-11-5-3-2-4-6-11/h9H,2-8H2,1H3. The van der Waals surface area contributed by atoms with Crippen LogP contribution >= 0.6 is 22.6 Å². The van der Waals surface area contributed by atoms with Gasteiger partial charge in [0, 0.05) is 6.54 Å². The first-order valence-corrected chi connectivity index (χ1v) is 6.01. The van der Waals surface area contributed by atoms with Crippen LogP contribution in [0.15, 0.2) is 0 Å². The van der Waals surface area contributed by atoms with Crippen LogP contribution < -0.4 is 0 Å². The molecule has 1 saturated heterocycles. The number of likely N-dealkylation sites (tertiary alicyclic amines) is 1. The molecule has 1 atom stereocenters. The Morgan fingerprint density at radius 3 is 2.58 bits per heavy atom. The van der Waals surface area contributed by atoms with Gasteiger partial charge in [0.05, 0.1) is 6.61 Å². The zero-order chi connectivity index (χ0) is 8.81. The Labute approximate surface area is 88.8 Å². The minimum Gasteiger partial charge on any atom is -0.367 e. The van der Waals surface area contributed by atoms with Gasteiger partial charge in [-0.25, -0.2) is 0 Å². The molecule has 1 heterocycles. The third-order valence-electron chi connectivity index (χ3n) is 2.20. The summed E-state index contributed by atoms with van der Waals surface area (Å²) in [6, 6.07) is 0. The van der Waals surface area contributed by atoms with Gasteiger partial charge in [-0.05, 0) is 32.9 Å². The Bertz CT molecular complexity index is 113. The molecule has 0 aliphatic carbocycles. The summed E-state index contributed by atoms with van der Waals surface area (Å²) in [5.74, 6) is 0. The minimum atomic E-state index is 0.354. The lowest BCUT2D eigenvalue weighted by Crippen LogP contribution is -2.32. The molecule has 2 nitrogen and oxygen atoms in total. The van der Waals surface area contributed by atoms with E-state index in [2.05, 4.69) is 34.4 Å². The van der Waals surface area contributed by atoms with Gasteiger partial charge in [-0.3, -0.25) is 0 Å². The van der Waals surface area contributed by atoms with E-state index in [9.17, 15) is 0 Å². The van der Waals surface area contributed by atoms with Crippen LogP contribution in [0.2, 0.25) is 0 Å². The van der Waals surface area contributed by atoms with E-state index in [1.165, 1.54) is 32.4 Å². The van der Waals surface area contributed by atoms with E-state index in [0.717, 1.165) is 13.2 Å². The van der Waals surface area contributed by atoms with Gasteiger partial charge in [0.15, 0.2) is 0 Å². The van der Waals surface area contributed by atoms with Crippen LogP contribution in [0.1, 0.15) is 26.2 Å². The van der Waals surface area contributed by atoms with Crippen LogP contribution in [0.3, 0.4) is 0 Å². The van der Waals surface area contributed by atoms with Crippen molar-refractivity contribution in [3.05, 3.63) is 0 Å². The second kappa shape index (κ2) is 6.16. The molecule has 0 amide bonds. The first kappa shape index (κ1) is 10.7. The number of piperidine rings is 1. The highest BCUT2D eigenvalue weighted by Gasteiger charge is 2.09. The van der Waals surface area contributed by atoms with E-state index in [1.807, 2.05) is 0 Å². The number of rotatable bonds is 4. The summed E-state index contributed by atoms with van der Waals surface area (Å²) in [5.41, 5.74) is 0. The normalized spacial score (nSPS) is 22.5. The zero-order valence-corrected chi connectivity index (χ0v) is 9.92. The van der Waals surface area contributed by atoms with Crippen molar-refractivity contribution < 1.29 is 4.74 Å². The highest BCUT2D eigenvalue weighted by Crippen LogP contribution is 2.08. The van der Waals surface area contributed by atoms with Gasteiger partial charge in [0.1, 0.15) is 4.11 Å². The van der Waals surface area contributed by atoms with Crippen LogP contribution in [0, 0.1) is 0 Å². The fraction of sp³-hybridized carbons (Fsp3) is 1.00. The molecule has 72 valence electrons. The predicted octanol–water partition coefficient (Wildman–Crippen LogP) is 2.27. The van der Waals surface area contributed by atoms with Crippen molar-refractivity contribution in [3.8, 4) is 0 Å². The third kappa shape index (κ3) is 4.62. The van der Waals surface area contributed by atoms with Gasteiger partial charge >= 0.3 is 0 Å². The summed E-state index contributed by atoms with van der Waals surface area (Å²) in [6.07, 6.45) is 4.17. The van der Waals surface area contributed by atoms with Crippen LogP contribution in [0.25, 0.3) is 0 Å². The summed E-state index contributed by atoms with van der Waals surface area (Å²) in [6.45, 7) is 6.65. The average molecular weight is 283 g/mol. The van der Waals surface area contributed by atoms with Gasteiger partial charge in [-0.1, -0.05) is 29.0 Å². The number of hydrogen-bond acceptors (Lipinski definition) is 2. The van der Waals surface area contributed by atoms with Crippen LogP contribution in [-0.4, -0.2) is 35.3 Å². The molecular formula is C9H18INO. The predicted molar refractivity (Wildman–Crippen MR) is 59.7 cm³/mol. The van der Waals surface area contributed by atoms with Crippen LogP contribution in [0.4, 0.5) is 0 Å². The molecule has 0 N–H and O–H groups in total. The summed E-state index contributed by atoms with van der Waals surface area (Å²) in [4.78, 5) is 2.50. The highest BCUT2D eigenvalue weighted by atomic mass is 127. The average Bonchev–Trinajstić information content (AvgIpc) is 2.05. The Hall–Kier alpha value is 0.650. The summed E-state index contributed by atoms with van der Waals surface area (Å²) in [7, 11) is 0. The molecule has 1 unspecified atom stereocenters. The topological polar surface area (TPSA) is 12.5 Å². The van der Waals surface area contributed by atoms with Crippen LogP contribution in [-0.2, 0) is 4.74 Å². The van der Waals surface area contributed by atoms with Crippen molar-refractivity contribution >= 4 is 22.6 Å². The Morgan fingerprint density at radius 1 is 1.33 bits per heavy atom. The quantitative estimate of drug-likeness (QED) is 0.579. The van der Waals surface area contributed by atoms with E-state index in [-0.39, 0.29) is 0 Å². The Balaban J connectivity index is 1.98. The largest absolute Gasteiger partial charge is 0.367 e. The minimum absolute atomic E-state index is 0.354. The van der Waals surface area contributed by atoms with E-state index in [0.29, 0.717) is 4.11 Å². The zero-order valence-electron chi connectivity index (χ0n) is 7.76. The fourth-order valence-corrected chi connectivity index (χ4v) is 1.78. The summed E-state index contributed by atoms with van der Waals surface area (Å²) >= 11 is 2.30. The van der Waals surface area contributed by atoms with Crippen molar-refractivity contribution in [1.82, 2.24) is 4.90 Å². The molecule has 1 rings (SSSR count). The Morgan fingerprint density at radius 2 is 2.00 bits per heavy atom. The highest BCUT2D eigenvalue weighted by molar-refractivity contribution is 14.1. The molecule has 0 radical (unpaired) electrons. The molecule has 0 bridgehead atoms. The van der Waals surface area contributed by atoms with Crippen molar-refractivity contribution in [2.45, 2.75) is 30.3 Å². The van der Waals surface area contributed by atoms with Gasteiger partial charge in [-0.2, -0.15) is 0 Å². The number of hydrogen-bond donors (Lipinski definition) is 0. The van der Waals surface area contributed by atoms with Gasteiger partial charge in [0.25, 0.3) is 0 Å². The molecule has 0 saturated carbocycles. The molecule has 12 heavy (non-hydrogen) atoms. The second-order valence-electron chi connectivity index (χ2n) is 3.32. The first-order chi connectivity index (χ1) is 5.79. The lowest BCUT2D eigenvalue weighted by molar-refractivity contribution is 0.0962. The van der Waals surface area contributed by atoms with Crippen molar-refractivity contribution in [3.63, 3.8) is 0 Å². The van der Waals surface area contributed by atoms with Crippen molar-refractivity contribution in [1.29, 1.82) is 0 Å². The van der Waals surface area contributed by atoms with Gasteiger partial charge in [0.2, 0.25) is 0 Å².